The maximum absolute atomic E-state index is 11.4. The molecule has 0 saturated carbocycles. The van der Waals surface area contributed by atoms with Crippen molar-refractivity contribution in [2.24, 2.45) is 5.14 Å². The summed E-state index contributed by atoms with van der Waals surface area (Å²) >= 11 is 0. The van der Waals surface area contributed by atoms with E-state index in [9.17, 15) is 8.42 Å². The zero-order chi connectivity index (χ0) is 13.7. The van der Waals surface area contributed by atoms with Gasteiger partial charge >= 0.3 is 0 Å². The second-order valence-corrected chi connectivity index (χ2v) is 5.62. The number of nitrogens with one attached hydrogen (secondary N) is 1. The Kier molecular flexibility index (Phi) is 4.18. The number of sulfonamides is 1. The van der Waals surface area contributed by atoms with Crippen LogP contribution in [0.1, 0.15) is 6.42 Å². The Hall–Kier alpha value is -1.86. The van der Waals surface area contributed by atoms with E-state index in [2.05, 4.69) is 10.4 Å². The van der Waals surface area contributed by atoms with Crippen LogP contribution in [0.25, 0.3) is 0 Å². The van der Waals surface area contributed by atoms with Crippen LogP contribution in [0.15, 0.2) is 47.6 Å². The smallest absolute Gasteiger partial charge is 0.240 e. The molecule has 1 aromatic heterocycles. The number of aromatic nitrogens is 2. The minimum Gasteiger partial charge on any atom is -0.384 e. The molecule has 6 nitrogen and oxygen atoms in total. The van der Waals surface area contributed by atoms with Gasteiger partial charge < -0.3 is 5.32 Å². The third-order valence-electron chi connectivity index (χ3n) is 2.63. The highest BCUT2D eigenvalue weighted by Gasteiger charge is 2.12. The van der Waals surface area contributed by atoms with E-state index in [0.29, 0.717) is 12.2 Å². The van der Waals surface area contributed by atoms with Crippen molar-refractivity contribution < 1.29 is 8.42 Å². The number of hydrogen-bond acceptors (Lipinski definition) is 4. The number of para-hydroxylation sites is 1. The Labute approximate surface area is 112 Å². The van der Waals surface area contributed by atoms with Gasteiger partial charge in [-0.3, -0.25) is 4.68 Å². The first-order valence-electron chi connectivity index (χ1n) is 5.90. The summed E-state index contributed by atoms with van der Waals surface area (Å²) < 4.78 is 24.6. The van der Waals surface area contributed by atoms with E-state index >= 15 is 0 Å². The standard InChI is InChI=1S/C12H16N4O2S/c13-19(17,18)12-6-2-1-5-11(12)14-7-3-9-16-10-4-8-15-16/h1-2,4-6,8,10,14H,3,7,9H2,(H2,13,17,18). The zero-order valence-corrected chi connectivity index (χ0v) is 11.2. The molecular formula is C12H16N4O2S. The van der Waals surface area contributed by atoms with Gasteiger partial charge in [-0.1, -0.05) is 12.1 Å². The van der Waals surface area contributed by atoms with Crippen LogP contribution in [0.3, 0.4) is 0 Å². The number of nitrogens with two attached hydrogens (primary N) is 1. The van der Waals surface area contributed by atoms with Gasteiger partial charge in [-0.2, -0.15) is 5.10 Å². The lowest BCUT2D eigenvalue weighted by atomic mass is 10.3. The Morgan fingerprint density at radius 3 is 2.74 bits per heavy atom. The highest BCUT2D eigenvalue weighted by atomic mass is 32.2. The number of primary sulfonamides is 1. The minimum atomic E-state index is -3.69. The van der Waals surface area contributed by atoms with Crippen LogP contribution < -0.4 is 10.5 Å². The van der Waals surface area contributed by atoms with Crippen LogP contribution in [0.2, 0.25) is 0 Å². The van der Waals surface area contributed by atoms with Crippen molar-refractivity contribution in [3.05, 3.63) is 42.7 Å². The summed E-state index contributed by atoms with van der Waals surface area (Å²) in [6, 6.07) is 8.47. The van der Waals surface area contributed by atoms with E-state index in [-0.39, 0.29) is 4.90 Å². The lowest BCUT2D eigenvalue weighted by molar-refractivity contribution is 0.590. The molecule has 3 N–H and O–H groups in total. The summed E-state index contributed by atoms with van der Waals surface area (Å²) in [5, 5.41) is 12.3. The van der Waals surface area contributed by atoms with Crippen LogP contribution in [0, 0.1) is 0 Å². The first kappa shape index (κ1) is 13.6. The third-order valence-corrected chi connectivity index (χ3v) is 3.60. The quantitative estimate of drug-likeness (QED) is 0.773. The number of benzene rings is 1. The summed E-state index contributed by atoms with van der Waals surface area (Å²) in [4.78, 5) is 0.120. The van der Waals surface area contributed by atoms with E-state index in [1.807, 2.05) is 16.9 Å². The molecular weight excluding hydrogens is 264 g/mol. The molecule has 0 atom stereocenters. The SMILES string of the molecule is NS(=O)(=O)c1ccccc1NCCCn1cccn1. The molecule has 1 aromatic carbocycles. The maximum atomic E-state index is 11.4. The largest absolute Gasteiger partial charge is 0.384 e. The summed E-state index contributed by atoms with van der Waals surface area (Å²) in [6.45, 7) is 1.42. The first-order valence-corrected chi connectivity index (χ1v) is 7.45. The van der Waals surface area contributed by atoms with Gasteiger partial charge in [0.25, 0.3) is 0 Å². The summed E-state index contributed by atoms with van der Waals surface area (Å²) in [5.74, 6) is 0. The van der Waals surface area contributed by atoms with E-state index in [0.717, 1.165) is 13.0 Å². The highest BCUT2D eigenvalue weighted by Crippen LogP contribution is 2.18. The fourth-order valence-corrected chi connectivity index (χ4v) is 2.47. The predicted molar refractivity (Wildman–Crippen MR) is 73.1 cm³/mol. The van der Waals surface area contributed by atoms with Crippen LogP contribution in [0.4, 0.5) is 5.69 Å². The second kappa shape index (κ2) is 5.85. The van der Waals surface area contributed by atoms with Crippen molar-refractivity contribution in [2.45, 2.75) is 17.9 Å². The van der Waals surface area contributed by atoms with E-state index < -0.39 is 10.0 Å². The molecule has 0 saturated heterocycles. The monoisotopic (exact) mass is 280 g/mol. The lowest BCUT2D eigenvalue weighted by Crippen LogP contribution is -2.16. The summed E-state index contributed by atoms with van der Waals surface area (Å²) in [6.07, 6.45) is 4.45. The molecule has 0 amide bonds. The molecule has 2 aromatic rings. The molecule has 0 spiro atoms. The van der Waals surface area contributed by atoms with Crippen molar-refractivity contribution in [3.63, 3.8) is 0 Å². The molecule has 1 heterocycles. The van der Waals surface area contributed by atoms with Gasteiger partial charge in [-0.25, -0.2) is 13.6 Å². The second-order valence-electron chi connectivity index (χ2n) is 4.09. The minimum absolute atomic E-state index is 0.120. The normalized spacial score (nSPS) is 11.4. The molecule has 0 radical (unpaired) electrons. The van der Waals surface area contributed by atoms with Crippen molar-refractivity contribution in [1.82, 2.24) is 9.78 Å². The molecule has 0 aliphatic rings. The average Bonchev–Trinajstić information content (AvgIpc) is 2.87. The Morgan fingerprint density at radius 2 is 2.05 bits per heavy atom. The van der Waals surface area contributed by atoms with Gasteiger partial charge in [0.2, 0.25) is 10.0 Å². The number of anilines is 1. The molecule has 0 aliphatic carbocycles. The molecule has 0 bridgehead atoms. The molecule has 2 rings (SSSR count). The number of nitrogens with zero attached hydrogens (tertiary/aromatic N) is 2. The lowest BCUT2D eigenvalue weighted by Gasteiger charge is -2.10. The fraction of sp³-hybridized carbons (Fsp3) is 0.250. The number of rotatable bonds is 6. The predicted octanol–water partition coefficient (Wildman–Crippen LogP) is 1.03. The van der Waals surface area contributed by atoms with Crippen molar-refractivity contribution >= 4 is 15.7 Å². The Balaban J connectivity index is 1.93. The first-order chi connectivity index (χ1) is 9.07. The Morgan fingerprint density at radius 1 is 1.26 bits per heavy atom. The summed E-state index contributed by atoms with van der Waals surface area (Å²) in [5.41, 5.74) is 0.533. The molecule has 7 heteroatoms. The van der Waals surface area contributed by atoms with Gasteiger partial charge in [0, 0.05) is 25.5 Å². The van der Waals surface area contributed by atoms with E-state index in [1.165, 1.54) is 6.07 Å². The third kappa shape index (κ3) is 3.80. The maximum Gasteiger partial charge on any atom is 0.240 e. The van der Waals surface area contributed by atoms with Gasteiger partial charge in [-0.15, -0.1) is 0 Å². The van der Waals surface area contributed by atoms with Crippen LogP contribution in [-0.2, 0) is 16.6 Å². The van der Waals surface area contributed by atoms with Gasteiger partial charge in [0.1, 0.15) is 4.90 Å². The average molecular weight is 280 g/mol. The summed E-state index contributed by atoms with van der Waals surface area (Å²) in [7, 11) is -3.69. The van der Waals surface area contributed by atoms with Crippen LogP contribution >= 0.6 is 0 Å². The van der Waals surface area contributed by atoms with Gasteiger partial charge in [0.05, 0.1) is 5.69 Å². The van der Waals surface area contributed by atoms with Crippen LogP contribution in [0.5, 0.6) is 0 Å². The highest BCUT2D eigenvalue weighted by molar-refractivity contribution is 7.89. The number of aryl methyl sites for hydroxylation is 1. The van der Waals surface area contributed by atoms with Crippen LogP contribution in [-0.4, -0.2) is 24.7 Å². The molecule has 19 heavy (non-hydrogen) atoms. The molecule has 0 fully saturated rings. The molecule has 0 unspecified atom stereocenters. The van der Waals surface area contributed by atoms with Crippen molar-refractivity contribution in [2.75, 3.05) is 11.9 Å². The van der Waals surface area contributed by atoms with Gasteiger partial charge in [-0.05, 0) is 24.6 Å². The number of hydrogen-bond donors (Lipinski definition) is 2. The van der Waals surface area contributed by atoms with Gasteiger partial charge in [0.15, 0.2) is 0 Å². The van der Waals surface area contributed by atoms with E-state index in [4.69, 9.17) is 5.14 Å². The van der Waals surface area contributed by atoms with Crippen molar-refractivity contribution in [1.29, 1.82) is 0 Å². The zero-order valence-electron chi connectivity index (χ0n) is 10.4. The molecule has 0 aliphatic heterocycles. The van der Waals surface area contributed by atoms with Crippen molar-refractivity contribution in [3.8, 4) is 0 Å². The van der Waals surface area contributed by atoms with E-state index in [1.54, 1.807) is 24.4 Å². The Bertz CT molecular complexity index is 623. The fourth-order valence-electron chi connectivity index (χ4n) is 1.76. The topological polar surface area (TPSA) is 90.0 Å². The molecule has 102 valence electrons.